The summed E-state index contributed by atoms with van der Waals surface area (Å²) >= 11 is 0. The van der Waals surface area contributed by atoms with Gasteiger partial charge < -0.3 is 5.32 Å². The standard InChI is InChI=1S/C7H11N5O2/c1-2-3-8-6(13)7(14)11-12-4-9-10-5-12/h4-5H,2-3H2,1H3,(H,8,13)(H,11,14). The Bertz CT molecular complexity index is 308. The monoisotopic (exact) mass is 197 g/mol. The van der Waals surface area contributed by atoms with Crippen molar-refractivity contribution in [1.82, 2.24) is 20.2 Å². The SMILES string of the molecule is CCCNC(=O)C(=O)Nn1cnnc1. The van der Waals surface area contributed by atoms with Crippen molar-refractivity contribution in [1.29, 1.82) is 0 Å². The number of nitrogens with zero attached hydrogens (tertiary/aromatic N) is 3. The normalized spacial score (nSPS) is 9.50. The van der Waals surface area contributed by atoms with Gasteiger partial charge >= 0.3 is 11.8 Å². The fraction of sp³-hybridized carbons (Fsp3) is 0.429. The third kappa shape index (κ3) is 2.85. The minimum atomic E-state index is -0.738. The summed E-state index contributed by atoms with van der Waals surface area (Å²) in [7, 11) is 0. The molecule has 0 aliphatic carbocycles. The molecule has 1 heterocycles. The molecular weight excluding hydrogens is 186 g/mol. The Morgan fingerprint density at radius 1 is 1.29 bits per heavy atom. The lowest BCUT2D eigenvalue weighted by atomic mass is 10.4. The Kier molecular flexibility index (Phi) is 3.59. The predicted octanol–water partition coefficient (Wildman–Crippen LogP) is -1.13. The van der Waals surface area contributed by atoms with Crippen molar-refractivity contribution >= 4 is 11.8 Å². The van der Waals surface area contributed by atoms with Crippen molar-refractivity contribution in [2.24, 2.45) is 0 Å². The molecule has 0 radical (unpaired) electrons. The number of hydrogen-bond donors (Lipinski definition) is 2. The van der Waals surface area contributed by atoms with Crippen molar-refractivity contribution in [3.63, 3.8) is 0 Å². The van der Waals surface area contributed by atoms with Crippen molar-refractivity contribution in [2.75, 3.05) is 12.0 Å². The number of nitrogens with one attached hydrogen (secondary N) is 2. The lowest BCUT2D eigenvalue weighted by molar-refractivity contribution is -0.136. The van der Waals surface area contributed by atoms with E-state index < -0.39 is 11.8 Å². The number of carbonyl (C=O) groups is 2. The van der Waals surface area contributed by atoms with E-state index in [4.69, 9.17) is 0 Å². The summed E-state index contributed by atoms with van der Waals surface area (Å²) in [6.45, 7) is 2.38. The Morgan fingerprint density at radius 3 is 2.50 bits per heavy atom. The van der Waals surface area contributed by atoms with Gasteiger partial charge in [-0.3, -0.25) is 15.0 Å². The average Bonchev–Trinajstić information content (AvgIpc) is 2.66. The second-order valence-corrected chi connectivity index (χ2v) is 2.57. The second-order valence-electron chi connectivity index (χ2n) is 2.57. The number of amides is 2. The average molecular weight is 197 g/mol. The molecule has 0 fully saturated rings. The summed E-state index contributed by atoms with van der Waals surface area (Å²) in [5.41, 5.74) is 2.27. The van der Waals surface area contributed by atoms with Gasteiger partial charge in [0, 0.05) is 6.54 Å². The number of rotatable bonds is 3. The fourth-order valence-corrected chi connectivity index (χ4v) is 0.745. The van der Waals surface area contributed by atoms with E-state index in [0.717, 1.165) is 6.42 Å². The van der Waals surface area contributed by atoms with Crippen LogP contribution in [0.5, 0.6) is 0 Å². The fourth-order valence-electron chi connectivity index (χ4n) is 0.745. The summed E-state index contributed by atoms with van der Waals surface area (Å²) in [6, 6.07) is 0. The van der Waals surface area contributed by atoms with Crippen LogP contribution in [0.4, 0.5) is 0 Å². The predicted molar refractivity (Wildman–Crippen MR) is 47.7 cm³/mol. The molecule has 7 heteroatoms. The van der Waals surface area contributed by atoms with Gasteiger partial charge in [0.05, 0.1) is 0 Å². The van der Waals surface area contributed by atoms with Crippen LogP contribution in [0.2, 0.25) is 0 Å². The first-order chi connectivity index (χ1) is 6.74. The highest BCUT2D eigenvalue weighted by molar-refractivity contribution is 6.38. The van der Waals surface area contributed by atoms with Crippen LogP contribution >= 0.6 is 0 Å². The van der Waals surface area contributed by atoms with Crippen LogP contribution in [0.3, 0.4) is 0 Å². The van der Waals surface area contributed by atoms with E-state index >= 15 is 0 Å². The number of aromatic nitrogens is 3. The maximum atomic E-state index is 11.1. The molecule has 1 rings (SSSR count). The van der Waals surface area contributed by atoms with Crippen molar-refractivity contribution in [3.8, 4) is 0 Å². The maximum Gasteiger partial charge on any atom is 0.328 e. The highest BCUT2D eigenvalue weighted by atomic mass is 16.2. The molecule has 14 heavy (non-hydrogen) atoms. The van der Waals surface area contributed by atoms with E-state index in [1.54, 1.807) is 0 Å². The van der Waals surface area contributed by atoms with E-state index in [2.05, 4.69) is 20.9 Å². The summed E-state index contributed by atoms with van der Waals surface area (Å²) in [4.78, 5) is 22.2. The molecule has 76 valence electrons. The molecule has 2 N–H and O–H groups in total. The van der Waals surface area contributed by atoms with Crippen LogP contribution in [-0.2, 0) is 9.59 Å². The van der Waals surface area contributed by atoms with Crippen LogP contribution in [0.15, 0.2) is 12.7 Å². The second kappa shape index (κ2) is 4.95. The minimum absolute atomic E-state index is 0.481. The first-order valence-electron chi connectivity index (χ1n) is 4.18. The molecule has 0 aliphatic rings. The topological polar surface area (TPSA) is 88.9 Å². The molecule has 1 aromatic heterocycles. The lowest BCUT2D eigenvalue weighted by Crippen LogP contribution is -2.38. The third-order valence-corrected chi connectivity index (χ3v) is 1.39. The van der Waals surface area contributed by atoms with Crippen LogP contribution in [-0.4, -0.2) is 33.2 Å². The maximum absolute atomic E-state index is 11.1. The highest BCUT2D eigenvalue weighted by Crippen LogP contribution is 1.78. The molecule has 0 unspecified atom stereocenters. The molecule has 0 spiro atoms. The molecule has 0 saturated heterocycles. The van der Waals surface area contributed by atoms with Crippen LogP contribution in [0, 0.1) is 0 Å². The molecule has 0 bridgehead atoms. The van der Waals surface area contributed by atoms with Gasteiger partial charge in [-0.15, -0.1) is 10.2 Å². The van der Waals surface area contributed by atoms with Gasteiger partial charge in [0.25, 0.3) is 0 Å². The summed E-state index contributed by atoms with van der Waals surface area (Å²) in [5, 5.41) is 9.37. The molecule has 0 aromatic carbocycles. The van der Waals surface area contributed by atoms with Crippen LogP contribution in [0.25, 0.3) is 0 Å². The minimum Gasteiger partial charge on any atom is -0.348 e. The van der Waals surface area contributed by atoms with Crippen molar-refractivity contribution in [3.05, 3.63) is 12.7 Å². The first-order valence-corrected chi connectivity index (χ1v) is 4.18. The number of hydrogen-bond acceptors (Lipinski definition) is 4. The van der Waals surface area contributed by atoms with E-state index in [1.165, 1.54) is 17.3 Å². The van der Waals surface area contributed by atoms with Crippen molar-refractivity contribution < 1.29 is 9.59 Å². The zero-order valence-corrected chi connectivity index (χ0v) is 7.73. The molecule has 0 atom stereocenters. The Hall–Kier alpha value is -1.92. The third-order valence-electron chi connectivity index (χ3n) is 1.39. The first kappa shape index (κ1) is 10.2. The molecule has 2 amide bonds. The number of carbonyl (C=O) groups excluding carboxylic acids is 2. The van der Waals surface area contributed by atoms with Gasteiger partial charge in [-0.25, -0.2) is 4.68 Å². The van der Waals surface area contributed by atoms with Gasteiger partial charge in [0.15, 0.2) is 0 Å². The summed E-state index contributed by atoms with van der Waals surface area (Å²) in [5.74, 6) is -1.40. The van der Waals surface area contributed by atoms with Gasteiger partial charge in [0.2, 0.25) is 0 Å². The molecule has 0 saturated carbocycles. The van der Waals surface area contributed by atoms with Gasteiger partial charge in [0.1, 0.15) is 12.7 Å². The Labute approximate surface area is 80.5 Å². The summed E-state index contributed by atoms with van der Waals surface area (Å²) < 4.78 is 1.20. The van der Waals surface area contributed by atoms with E-state index in [0.29, 0.717) is 6.54 Å². The smallest absolute Gasteiger partial charge is 0.328 e. The van der Waals surface area contributed by atoms with E-state index in [9.17, 15) is 9.59 Å². The van der Waals surface area contributed by atoms with Gasteiger partial charge in [-0.05, 0) is 6.42 Å². The highest BCUT2D eigenvalue weighted by Gasteiger charge is 2.12. The molecule has 0 aliphatic heterocycles. The van der Waals surface area contributed by atoms with Gasteiger partial charge in [-0.2, -0.15) is 0 Å². The zero-order valence-electron chi connectivity index (χ0n) is 7.73. The van der Waals surface area contributed by atoms with Crippen LogP contribution in [0.1, 0.15) is 13.3 Å². The quantitative estimate of drug-likeness (QED) is 0.600. The zero-order chi connectivity index (χ0) is 10.4. The van der Waals surface area contributed by atoms with E-state index in [1.807, 2.05) is 6.92 Å². The Morgan fingerprint density at radius 2 is 1.93 bits per heavy atom. The Balaban J connectivity index is 2.38. The van der Waals surface area contributed by atoms with Crippen molar-refractivity contribution in [2.45, 2.75) is 13.3 Å². The largest absolute Gasteiger partial charge is 0.348 e. The van der Waals surface area contributed by atoms with Crippen LogP contribution < -0.4 is 10.7 Å². The molecule has 7 nitrogen and oxygen atoms in total. The summed E-state index contributed by atoms with van der Waals surface area (Å²) in [6.07, 6.45) is 3.35. The lowest BCUT2D eigenvalue weighted by Gasteiger charge is -2.04. The van der Waals surface area contributed by atoms with Gasteiger partial charge in [-0.1, -0.05) is 6.92 Å². The molecular formula is C7H11N5O2. The molecule has 1 aromatic rings. The van der Waals surface area contributed by atoms with E-state index in [-0.39, 0.29) is 0 Å².